The fraction of sp³-hybridized carbons (Fsp3) is 0.303. The van der Waals surface area contributed by atoms with Gasteiger partial charge in [-0.15, -0.1) is 0 Å². The molecule has 23 nitrogen and oxygen atoms in total. The van der Waals surface area contributed by atoms with Gasteiger partial charge < -0.3 is 21.1 Å². The first-order valence-corrected chi connectivity index (χ1v) is 46.2. The van der Waals surface area contributed by atoms with Crippen LogP contribution in [0.25, 0.3) is 0 Å². The van der Waals surface area contributed by atoms with E-state index in [2.05, 4.69) is 97.8 Å². The maximum absolute atomic E-state index is 13.5. The molecule has 0 bridgehead atoms. The number of hydrogen-bond acceptors (Lipinski definition) is 17. The molecule has 1 heterocycles. The predicted molar refractivity (Wildman–Crippen MR) is 478 cm³/mol. The molecule has 0 aliphatic heterocycles. The first kappa shape index (κ1) is 97.3. The van der Waals surface area contributed by atoms with Crippen molar-refractivity contribution in [1.82, 2.24) is 45.1 Å². The third-order valence-corrected chi connectivity index (χ3v) is 24.3. The second-order valence-electron chi connectivity index (χ2n) is 27.8. The van der Waals surface area contributed by atoms with Crippen LogP contribution >= 0.6 is 67.1 Å². The van der Waals surface area contributed by atoms with Crippen molar-refractivity contribution in [3.05, 3.63) is 266 Å². The van der Waals surface area contributed by atoms with E-state index in [9.17, 15) is 65.1 Å². The average Bonchev–Trinajstić information content (AvgIpc) is 0.833. The summed E-state index contributed by atoms with van der Waals surface area (Å²) in [5.74, 6) is 17.3. The number of rotatable bonds is 31. The molecule has 8 aromatic rings. The molecule has 30 heteroatoms. The lowest BCUT2D eigenvalue weighted by atomic mass is 10.1. The van der Waals surface area contributed by atoms with Crippen LogP contribution in [0.15, 0.2) is 225 Å². The van der Waals surface area contributed by atoms with Crippen LogP contribution in [0, 0.1) is 53.3 Å². The van der Waals surface area contributed by atoms with Crippen LogP contribution in [0.4, 0.5) is 14.4 Å². The van der Waals surface area contributed by atoms with Gasteiger partial charge in [0.05, 0.1) is 9.79 Å². The zero-order chi connectivity index (χ0) is 87.0. The maximum Gasteiger partial charge on any atom is 0.327 e. The number of aromatic nitrogens is 1. The Morgan fingerprint density at radius 2 is 0.723 bits per heavy atom. The maximum atomic E-state index is 13.5. The van der Waals surface area contributed by atoms with Crippen molar-refractivity contribution in [1.29, 1.82) is 0 Å². The van der Waals surface area contributed by atoms with Gasteiger partial charge in [-0.1, -0.05) is 190 Å². The van der Waals surface area contributed by atoms with Gasteiger partial charge in [0.2, 0.25) is 0 Å². The summed E-state index contributed by atoms with van der Waals surface area (Å²) >= 11 is 10.8. The van der Waals surface area contributed by atoms with E-state index in [4.69, 9.17) is 0 Å². The third-order valence-electron chi connectivity index (χ3n) is 16.1. The molecule has 0 saturated heterocycles. The minimum atomic E-state index is -4.21. The lowest BCUT2D eigenvalue weighted by Crippen LogP contribution is -2.54. The van der Waals surface area contributed by atoms with Crippen molar-refractivity contribution in [3.63, 3.8) is 0 Å². The molecule has 0 saturated carbocycles. The minimum Gasteiger partial charge on any atom is -0.480 e. The summed E-state index contributed by atoms with van der Waals surface area (Å²) in [6.07, 6.45) is 4.80. The van der Waals surface area contributed by atoms with Crippen LogP contribution in [-0.2, 0) is 34.4 Å². The Morgan fingerprint density at radius 3 is 1.08 bits per heavy atom. The van der Waals surface area contributed by atoms with Gasteiger partial charge in [-0.2, -0.15) is 35.3 Å². The summed E-state index contributed by atoms with van der Waals surface area (Å²) in [5.41, 5.74) is 5.05. The number of imide groups is 3. The lowest BCUT2D eigenvalue weighted by Gasteiger charge is -2.25. The van der Waals surface area contributed by atoms with Gasteiger partial charge in [0.25, 0.3) is 49.6 Å². The summed E-state index contributed by atoms with van der Waals surface area (Å²) < 4.78 is 57.0. The first-order chi connectivity index (χ1) is 56.8. The number of nitrogens with one attached hydrogen (secondary N) is 5. The predicted octanol–water partition coefficient (Wildman–Crippen LogP) is 15.2. The molecule has 0 aliphatic carbocycles. The SMILES string of the molecule is CCCN(C(=O)N[C@@H](CSCC(C)C)C(=O)NS(=O)(=O)c1ccc(Br)cc1)C(=O)c1cccc(C#Cc2ccccc2)c1.CCCN(C(=O)N[C@@H](CSCC(C)C)C(=O)NS(=O)(=O)c1cccc(Br)c1)C(=O)c1cccc(C#Cc2ccccc2)c1.CCCN(C(=O)N[C@@H](CSCC(C)C)C(=O)O)C(=O)c1cccc(C#Cc2cccnc2)c1. The van der Waals surface area contributed by atoms with E-state index in [-0.39, 0.29) is 57.8 Å². The Hall–Kier alpha value is -10.5. The number of halogens is 2. The Balaban J connectivity index is 0.000000280. The van der Waals surface area contributed by atoms with E-state index >= 15 is 0 Å². The van der Waals surface area contributed by atoms with Crippen LogP contribution in [-0.4, -0.2) is 168 Å². The number of benzene rings is 7. The highest BCUT2D eigenvalue weighted by Crippen LogP contribution is 2.22. The summed E-state index contributed by atoms with van der Waals surface area (Å²) in [5, 5.41) is 17.2. The molecule has 8 rings (SSSR count). The molecule has 0 unspecified atom stereocenters. The molecule has 11 amide bonds. The van der Waals surface area contributed by atoms with Crippen molar-refractivity contribution in [3.8, 4) is 35.5 Å². The molecular formula is C89H97Br2N9O14S5. The zero-order valence-corrected chi connectivity index (χ0v) is 74.7. The van der Waals surface area contributed by atoms with E-state index in [0.29, 0.717) is 79.7 Å². The number of carbonyl (C=O) groups excluding carboxylic acids is 8. The van der Waals surface area contributed by atoms with E-state index in [1.165, 1.54) is 65.6 Å². The molecule has 3 atom stereocenters. The number of nitrogens with zero attached hydrogens (tertiary/aromatic N) is 4. The van der Waals surface area contributed by atoms with Crippen LogP contribution in [0.1, 0.15) is 146 Å². The molecule has 0 spiro atoms. The molecular weight excluding hydrogens is 1740 g/mol. The van der Waals surface area contributed by atoms with E-state index in [1.54, 1.807) is 109 Å². The largest absolute Gasteiger partial charge is 0.480 e. The molecule has 0 radical (unpaired) electrons. The van der Waals surface area contributed by atoms with Crippen LogP contribution < -0.4 is 25.4 Å². The molecule has 1 aromatic heterocycles. The number of thioether (sulfide) groups is 3. The van der Waals surface area contributed by atoms with Gasteiger partial charge in [0, 0.05) is 108 Å². The average molecular weight is 1840 g/mol. The molecule has 0 aliphatic rings. The Kier molecular flexibility index (Phi) is 41.3. The number of urea groups is 3. The van der Waals surface area contributed by atoms with Crippen molar-refractivity contribution in [2.45, 2.75) is 109 Å². The smallest absolute Gasteiger partial charge is 0.327 e. The van der Waals surface area contributed by atoms with Crippen LogP contribution in [0.2, 0.25) is 0 Å². The summed E-state index contributed by atoms with van der Waals surface area (Å²) in [7, 11) is -8.40. The lowest BCUT2D eigenvalue weighted by molar-refractivity contribution is -0.138. The fourth-order valence-corrected chi connectivity index (χ4v) is 16.5. The summed E-state index contributed by atoms with van der Waals surface area (Å²) in [6.45, 7) is 18.0. The standard InChI is InChI=1S/2C32H34BrN3O5S2.C25H29N3O4S/c1-4-18-36(31(38)26-13-8-12-25(19-26)17-16-24-10-6-5-7-11-24)32(39)34-29(22-42-21-23(2)3)30(37)35-43(40,41)28-15-9-14-27(33)20-28;1-4-19-36(31(38)26-12-8-11-25(20-26)14-13-24-9-6-5-7-10-24)32(39)34-29(22-42-21-23(2)3)30(37)35-43(40,41)28-17-15-27(33)16-18-28;1-4-13-28(25(32)27-22(24(30)31)17-33-16-18(2)3)23(29)21-9-5-7-19(14-21)10-11-20-8-6-12-26-15-20/h5-15,19-20,23,29H,4,18,21-22H2,1-3H3,(H,34,39)(H,35,37);5-12,15-18,20,23,29H,4,19,21-22H2,1-3H3,(H,34,39)(H,35,37);5-9,12,14-15,18,22H,4,13,16-17H2,1-3H3,(H,27,32)(H,30,31)/t2*29-;22-/m000/s1. The number of sulfonamides is 2. The highest BCUT2D eigenvalue weighted by Gasteiger charge is 2.34. The van der Waals surface area contributed by atoms with Gasteiger partial charge >= 0.3 is 24.1 Å². The van der Waals surface area contributed by atoms with Crippen molar-refractivity contribution in [2.24, 2.45) is 17.8 Å². The topological polar surface area (TPSA) is 325 Å². The highest BCUT2D eigenvalue weighted by atomic mass is 79.9. The van der Waals surface area contributed by atoms with E-state index in [1.807, 2.05) is 129 Å². The number of amides is 11. The fourth-order valence-electron chi connectivity index (χ4n) is 10.4. The molecule has 119 heavy (non-hydrogen) atoms. The zero-order valence-electron chi connectivity index (χ0n) is 67.4. The van der Waals surface area contributed by atoms with Gasteiger partial charge in [-0.25, -0.2) is 45.5 Å². The second-order valence-corrected chi connectivity index (χ2v) is 36.2. The quantitative estimate of drug-likeness (QED) is 0.0220. The number of carbonyl (C=O) groups is 9. The van der Waals surface area contributed by atoms with Crippen molar-refractivity contribution in [2.75, 3.05) is 54.2 Å². The Morgan fingerprint density at radius 1 is 0.387 bits per heavy atom. The molecule has 0 fully saturated rings. The van der Waals surface area contributed by atoms with Gasteiger partial charge in [0.15, 0.2) is 0 Å². The molecule has 7 aromatic carbocycles. The Bertz CT molecular complexity index is 5210. The number of aliphatic carboxylic acids is 1. The molecule has 626 valence electrons. The Labute approximate surface area is 727 Å². The van der Waals surface area contributed by atoms with Crippen molar-refractivity contribution >= 4 is 141 Å². The number of pyridine rings is 1. The van der Waals surface area contributed by atoms with E-state index in [0.717, 1.165) is 37.1 Å². The first-order valence-electron chi connectivity index (χ1n) is 38.1. The normalized spacial score (nSPS) is 11.5. The highest BCUT2D eigenvalue weighted by molar-refractivity contribution is 9.10. The van der Waals surface area contributed by atoms with Gasteiger partial charge in [-0.05, 0) is 188 Å². The summed E-state index contributed by atoms with van der Waals surface area (Å²) in [6, 6.07) is 48.5. The van der Waals surface area contributed by atoms with Gasteiger partial charge in [-0.3, -0.25) is 43.7 Å². The van der Waals surface area contributed by atoms with Crippen LogP contribution in [0.3, 0.4) is 0 Å². The van der Waals surface area contributed by atoms with Gasteiger partial charge in [0.1, 0.15) is 18.1 Å². The summed E-state index contributed by atoms with van der Waals surface area (Å²) in [4.78, 5) is 125. The van der Waals surface area contributed by atoms with E-state index < -0.39 is 91.8 Å². The number of carboxylic acids is 1. The van der Waals surface area contributed by atoms with Crippen LogP contribution in [0.5, 0.6) is 0 Å². The number of carboxylic acid groups (broad SMARTS) is 1. The molecule has 6 N–H and O–H groups in total. The third kappa shape index (κ3) is 34.0. The minimum absolute atomic E-state index is 0.0917. The monoisotopic (exact) mass is 1830 g/mol. The van der Waals surface area contributed by atoms with Crippen molar-refractivity contribution < 1.29 is 65.1 Å². The number of hydrogen-bond donors (Lipinski definition) is 6. The second kappa shape index (κ2) is 50.4.